The number of amides is 2. The molecular weight excluding hydrogens is 336 g/mol. The molecule has 2 rings (SSSR count). The Labute approximate surface area is 152 Å². The molecule has 0 bridgehead atoms. The Kier molecular flexibility index (Phi) is 7.02. The van der Waals surface area contributed by atoms with Crippen molar-refractivity contribution in [1.29, 1.82) is 0 Å². The molecule has 0 aliphatic heterocycles. The van der Waals surface area contributed by atoms with E-state index in [4.69, 9.17) is 9.47 Å². The number of aromatic nitrogens is 2. The monoisotopic (exact) mass is 360 g/mol. The van der Waals surface area contributed by atoms with Crippen LogP contribution >= 0.6 is 0 Å². The normalized spacial score (nSPS) is 10.3. The maximum Gasteiger partial charge on any atom is 0.251 e. The largest absolute Gasteiger partial charge is 0.493 e. The van der Waals surface area contributed by atoms with Gasteiger partial charge in [-0.1, -0.05) is 6.92 Å². The van der Waals surface area contributed by atoms with E-state index in [9.17, 15) is 9.59 Å². The summed E-state index contributed by atoms with van der Waals surface area (Å²) in [4.78, 5) is 28.2. The van der Waals surface area contributed by atoms with Crippen LogP contribution in [0.25, 0.3) is 0 Å². The van der Waals surface area contributed by atoms with Crippen molar-refractivity contribution in [2.45, 2.75) is 26.3 Å². The lowest BCUT2D eigenvalue weighted by Crippen LogP contribution is -2.25. The summed E-state index contributed by atoms with van der Waals surface area (Å²) in [7, 11) is 2.96. The van der Waals surface area contributed by atoms with Gasteiger partial charge in [0.15, 0.2) is 11.5 Å². The molecule has 0 saturated carbocycles. The molecule has 0 unspecified atom stereocenters. The van der Waals surface area contributed by atoms with Gasteiger partial charge in [-0.3, -0.25) is 9.59 Å². The van der Waals surface area contributed by atoms with Crippen LogP contribution in [0.3, 0.4) is 0 Å². The summed E-state index contributed by atoms with van der Waals surface area (Å²) in [6, 6.07) is 3.17. The highest BCUT2D eigenvalue weighted by Gasteiger charge is 2.17. The number of ether oxygens (including phenoxy) is 2. The van der Waals surface area contributed by atoms with E-state index in [1.807, 2.05) is 10.8 Å². The van der Waals surface area contributed by atoms with Crippen LogP contribution in [0.1, 0.15) is 30.1 Å². The summed E-state index contributed by atoms with van der Waals surface area (Å²) in [6.45, 7) is 3.03. The van der Waals surface area contributed by atoms with Gasteiger partial charge in [-0.15, -0.1) is 0 Å². The first kappa shape index (κ1) is 19.3. The van der Waals surface area contributed by atoms with Crippen LogP contribution in [-0.2, 0) is 11.3 Å². The van der Waals surface area contributed by atoms with E-state index in [2.05, 4.69) is 15.6 Å². The van der Waals surface area contributed by atoms with Crippen molar-refractivity contribution in [3.63, 3.8) is 0 Å². The molecule has 140 valence electrons. The second-order valence-electron chi connectivity index (χ2n) is 5.57. The van der Waals surface area contributed by atoms with Gasteiger partial charge in [0.25, 0.3) is 5.91 Å². The molecule has 8 heteroatoms. The number of methoxy groups -OCH3 is 2. The second-order valence-corrected chi connectivity index (χ2v) is 5.57. The minimum Gasteiger partial charge on any atom is -0.493 e. The third-order valence-electron chi connectivity index (χ3n) is 3.77. The fourth-order valence-corrected chi connectivity index (χ4v) is 2.41. The van der Waals surface area contributed by atoms with Crippen molar-refractivity contribution >= 4 is 17.5 Å². The number of benzene rings is 1. The first-order chi connectivity index (χ1) is 12.6. The number of nitrogens with zero attached hydrogens (tertiary/aromatic N) is 2. The maximum atomic E-state index is 12.4. The van der Waals surface area contributed by atoms with E-state index in [1.165, 1.54) is 14.2 Å². The topological polar surface area (TPSA) is 94.5 Å². The molecule has 8 nitrogen and oxygen atoms in total. The van der Waals surface area contributed by atoms with Gasteiger partial charge < -0.3 is 24.7 Å². The summed E-state index contributed by atoms with van der Waals surface area (Å²) < 4.78 is 12.5. The Balaban J connectivity index is 2.07. The molecule has 1 aromatic carbocycles. The van der Waals surface area contributed by atoms with Gasteiger partial charge in [-0.25, -0.2) is 4.98 Å². The molecule has 0 aliphatic rings. The number of carbonyl (C=O) groups is 2. The molecule has 1 aromatic heterocycles. The van der Waals surface area contributed by atoms with E-state index < -0.39 is 0 Å². The Morgan fingerprint density at radius 2 is 2.04 bits per heavy atom. The maximum absolute atomic E-state index is 12.4. The highest BCUT2D eigenvalue weighted by molar-refractivity contribution is 5.99. The van der Waals surface area contributed by atoms with Crippen molar-refractivity contribution in [3.05, 3.63) is 36.4 Å². The predicted molar refractivity (Wildman–Crippen MR) is 97.6 cm³/mol. The Morgan fingerprint density at radius 1 is 1.23 bits per heavy atom. The zero-order valence-corrected chi connectivity index (χ0v) is 15.2. The van der Waals surface area contributed by atoms with E-state index in [0.29, 0.717) is 35.7 Å². The Morgan fingerprint density at radius 3 is 2.65 bits per heavy atom. The zero-order valence-electron chi connectivity index (χ0n) is 15.2. The number of rotatable bonds is 9. The van der Waals surface area contributed by atoms with Crippen LogP contribution in [-0.4, -0.2) is 42.1 Å². The number of anilines is 1. The number of imidazole rings is 1. The summed E-state index contributed by atoms with van der Waals surface area (Å²) in [6.07, 6.45) is 6.41. The van der Waals surface area contributed by atoms with Crippen LogP contribution in [0, 0.1) is 0 Å². The summed E-state index contributed by atoms with van der Waals surface area (Å²) in [5, 5.41) is 5.60. The van der Waals surface area contributed by atoms with E-state index in [0.717, 1.165) is 13.0 Å². The number of hydrogen-bond acceptors (Lipinski definition) is 5. The molecule has 0 saturated heterocycles. The quantitative estimate of drug-likeness (QED) is 0.668. The van der Waals surface area contributed by atoms with Gasteiger partial charge in [0.1, 0.15) is 0 Å². The lowest BCUT2D eigenvalue weighted by molar-refractivity contribution is -0.115. The zero-order chi connectivity index (χ0) is 18.9. The first-order valence-corrected chi connectivity index (χ1v) is 8.38. The molecule has 0 fully saturated rings. The highest BCUT2D eigenvalue weighted by atomic mass is 16.5. The summed E-state index contributed by atoms with van der Waals surface area (Å²) in [5.74, 6) is 0.336. The Hall–Kier alpha value is -3.03. The number of carbonyl (C=O) groups excluding carboxylic acids is 2. The van der Waals surface area contributed by atoms with Crippen molar-refractivity contribution in [3.8, 4) is 11.5 Å². The smallest absolute Gasteiger partial charge is 0.251 e. The van der Waals surface area contributed by atoms with Crippen molar-refractivity contribution in [2.24, 2.45) is 0 Å². The highest BCUT2D eigenvalue weighted by Crippen LogP contribution is 2.36. The molecule has 0 radical (unpaired) electrons. The molecule has 2 amide bonds. The number of nitrogens with one attached hydrogen (secondary N) is 2. The van der Waals surface area contributed by atoms with Gasteiger partial charge in [-0.05, 0) is 18.6 Å². The first-order valence-electron chi connectivity index (χ1n) is 8.38. The molecule has 0 spiro atoms. The average molecular weight is 360 g/mol. The van der Waals surface area contributed by atoms with Crippen LogP contribution in [0.5, 0.6) is 11.5 Å². The summed E-state index contributed by atoms with van der Waals surface area (Å²) in [5.41, 5.74) is 0.791. The van der Waals surface area contributed by atoms with Gasteiger partial charge in [0.2, 0.25) is 5.91 Å². The standard InChI is InChI=1S/C18H24N4O4/c1-4-16(23)21-14-10-13(11-15(25-2)17(14)26-3)18(24)20-6-5-8-22-9-7-19-12-22/h7,9-12H,4-6,8H2,1-3H3,(H,20,24)(H,21,23). The van der Waals surface area contributed by atoms with Crippen LogP contribution in [0.15, 0.2) is 30.9 Å². The molecule has 26 heavy (non-hydrogen) atoms. The molecule has 0 aliphatic carbocycles. The second kappa shape index (κ2) is 9.45. The molecule has 2 N–H and O–H groups in total. The molecular formula is C18H24N4O4. The fraction of sp³-hybridized carbons (Fsp3) is 0.389. The van der Waals surface area contributed by atoms with E-state index in [1.54, 1.807) is 31.6 Å². The molecule has 1 heterocycles. The van der Waals surface area contributed by atoms with Crippen LogP contribution in [0.4, 0.5) is 5.69 Å². The number of hydrogen-bond donors (Lipinski definition) is 2. The van der Waals surface area contributed by atoms with Crippen molar-refractivity contribution < 1.29 is 19.1 Å². The fourth-order valence-electron chi connectivity index (χ4n) is 2.41. The van der Waals surface area contributed by atoms with E-state index >= 15 is 0 Å². The van der Waals surface area contributed by atoms with Gasteiger partial charge in [0, 0.05) is 37.5 Å². The van der Waals surface area contributed by atoms with Gasteiger partial charge >= 0.3 is 0 Å². The van der Waals surface area contributed by atoms with Crippen molar-refractivity contribution in [1.82, 2.24) is 14.9 Å². The lowest BCUT2D eigenvalue weighted by atomic mass is 10.1. The average Bonchev–Trinajstić information content (AvgIpc) is 3.17. The number of aryl methyl sites for hydroxylation is 1. The molecule has 0 atom stereocenters. The lowest BCUT2D eigenvalue weighted by Gasteiger charge is -2.15. The minimum atomic E-state index is -0.247. The third-order valence-corrected chi connectivity index (χ3v) is 3.77. The minimum absolute atomic E-state index is 0.178. The van der Waals surface area contributed by atoms with E-state index in [-0.39, 0.29) is 11.8 Å². The van der Waals surface area contributed by atoms with Gasteiger partial charge in [0.05, 0.1) is 26.2 Å². The van der Waals surface area contributed by atoms with Gasteiger partial charge in [-0.2, -0.15) is 0 Å². The summed E-state index contributed by atoms with van der Waals surface area (Å²) >= 11 is 0. The van der Waals surface area contributed by atoms with Crippen LogP contribution in [0.2, 0.25) is 0 Å². The Bertz CT molecular complexity index is 744. The third kappa shape index (κ3) is 4.98. The molecule has 2 aromatic rings. The SMILES string of the molecule is CCC(=O)Nc1cc(C(=O)NCCCn2ccnc2)cc(OC)c1OC. The van der Waals surface area contributed by atoms with Crippen LogP contribution < -0.4 is 20.1 Å². The van der Waals surface area contributed by atoms with Crippen molar-refractivity contribution in [2.75, 3.05) is 26.1 Å². The predicted octanol–water partition coefficient (Wildman–Crippen LogP) is 2.07.